The number of rotatable bonds is 5. The second-order valence-corrected chi connectivity index (χ2v) is 10.7. The van der Waals surface area contributed by atoms with E-state index in [9.17, 15) is 4.79 Å². The van der Waals surface area contributed by atoms with E-state index in [-0.39, 0.29) is 0 Å². The maximum Gasteiger partial charge on any atom is 0.225 e. The fraction of sp³-hybridized carbons (Fsp3) is 0.800. The first-order chi connectivity index (χ1) is 15.1. The summed E-state index contributed by atoms with van der Waals surface area (Å²) in [5.74, 6) is 2.54. The largest absolute Gasteiger partial charge is 0.332 e. The van der Waals surface area contributed by atoms with Crippen molar-refractivity contribution in [3.63, 3.8) is 0 Å². The highest BCUT2D eigenvalue weighted by molar-refractivity contribution is 5.75. The predicted molar refractivity (Wildman–Crippen MR) is 123 cm³/mol. The molecule has 4 fully saturated rings. The van der Waals surface area contributed by atoms with Crippen LogP contribution in [0.4, 0.5) is 5.95 Å². The van der Waals surface area contributed by atoms with Gasteiger partial charge in [-0.2, -0.15) is 0 Å². The number of fused-ring (bicyclic) bond motifs is 2. The van der Waals surface area contributed by atoms with E-state index in [1.165, 1.54) is 70.0 Å². The molecular formula is C25H39N5O. The molecule has 0 spiro atoms. The van der Waals surface area contributed by atoms with Gasteiger partial charge in [0.15, 0.2) is 0 Å². The Kier molecular flexibility index (Phi) is 6.29. The van der Waals surface area contributed by atoms with Gasteiger partial charge in [0.2, 0.25) is 5.95 Å². The summed E-state index contributed by atoms with van der Waals surface area (Å²) in [7, 11) is 2.23. The molecule has 1 aromatic heterocycles. The zero-order valence-electron chi connectivity index (χ0n) is 19.4. The Morgan fingerprint density at radius 2 is 1.48 bits per heavy atom. The summed E-state index contributed by atoms with van der Waals surface area (Å²) >= 11 is 0. The number of hydrogen-bond donors (Lipinski definition) is 0. The Hall–Kier alpha value is -1.53. The summed E-state index contributed by atoms with van der Waals surface area (Å²) in [6.45, 7) is 6.39. The minimum Gasteiger partial charge on any atom is -0.332 e. The van der Waals surface area contributed by atoms with E-state index in [0.29, 0.717) is 29.7 Å². The molecule has 6 nitrogen and oxygen atoms in total. The zero-order chi connectivity index (χ0) is 21.4. The zero-order valence-corrected chi connectivity index (χ0v) is 19.4. The Balaban J connectivity index is 1.13. The predicted octanol–water partition coefficient (Wildman–Crippen LogP) is 3.48. The van der Waals surface area contributed by atoms with E-state index in [1.54, 1.807) is 6.92 Å². The highest BCUT2D eigenvalue weighted by atomic mass is 16.1. The van der Waals surface area contributed by atoms with Gasteiger partial charge in [0.05, 0.1) is 0 Å². The molecule has 3 saturated heterocycles. The van der Waals surface area contributed by atoms with Crippen molar-refractivity contribution < 1.29 is 4.79 Å². The normalized spacial score (nSPS) is 33.0. The van der Waals surface area contributed by atoms with Gasteiger partial charge in [0, 0.05) is 50.0 Å². The van der Waals surface area contributed by atoms with Gasteiger partial charge < -0.3 is 19.5 Å². The van der Waals surface area contributed by atoms with Gasteiger partial charge in [0.1, 0.15) is 5.78 Å². The SMILES string of the molecule is CC(=O)CC1CCC(N2CCC(c3cnc(N4C5CCC4CN(C)C5)nc3)CC2)CC1. The minimum absolute atomic E-state index is 0.359. The number of likely N-dealkylation sites (N-methyl/N-ethyl adjacent to an activating group) is 1. The molecule has 1 aliphatic carbocycles. The van der Waals surface area contributed by atoms with Gasteiger partial charge in [-0.1, -0.05) is 0 Å². The number of piperazine rings is 1. The molecule has 2 unspecified atom stereocenters. The van der Waals surface area contributed by atoms with E-state index in [2.05, 4.69) is 34.1 Å². The summed E-state index contributed by atoms with van der Waals surface area (Å²) in [5.41, 5.74) is 1.33. The maximum atomic E-state index is 11.4. The van der Waals surface area contributed by atoms with Crippen LogP contribution >= 0.6 is 0 Å². The van der Waals surface area contributed by atoms with Crippen LogP contribution in [0.15, 0.2) is 12.4 Å². The molecule has 6 heteroatoms. The third-order valence-electron chi connectivity index (χ3n) is 8.46. The van der Waals surface area contributed by atoms with Crippen molar-refractivity contribution in [2.75, 3.05) is 38.1 Å². The van der Waals surface area contributed by atoms with Gasteiger partial charge in [-0.3, -0.25) is 0 Å². The van der Waals surface area contributed by atoms with Crippen molar-refractivity contribution in [1.29, 1.82) is 0 Å². The van der Waals surface area contributed by atoms with E-state index < -0.39 is 0 Å². The number of anilines is 1. The van der Waals surface area contributed by atoms with E-state index in [4.69, 9.17) is 9.97 Å². The second-order valence-electron chi connectivity index (χ2n) is 10.7. The van der Waals surface area contributed by atoms with Crippen LogP contribution in [0.1, 0.15) is 76.2 Å². The van der Waals surface area contributed by atoms with Crippen LogP contribution in [0.5, 0.6) is 0 Å². The first kappa shape index (κ1) is 21.3. The first-order valence-electron chi connectivity index (χ1n) is 12.6. The third-order valence-corrected chi connectivity index (χ3v) is 8.46. The molecule has 31 heavy (non-hydrogen) atoms. The topological polar surface area (TPSA) is 52.6 Å². The van der Waals surface area contributed by atoms with Crippen molar-refractivity contribution >= 4 is 11.7 Å². The fourth-order valence-electron chi connectivity index (χ4n) is 6.83. The van der Waals surface area contributed by atoms with Crippen LogP contribution in [0.2, 0.25) is 0 Å². The summed E-state index contributed by atoms with van der Waals surface area (Å²) in [4.78, 5) is 28.7. The average Bonchev–Trinajstić information content (AvgIpc) is 3.05. The van der Waals surface area contributed by atoms with Gasteiger partial charge in [-0.05, 0) is 95.8 Å². The smallest absolute Gasteiger partial charge is 0.225 e. The standard InChI is InChI=1S/C25H39N5O/c1-18(31)13-19-3-5-22(6-4-19)29-11-9-20(10-12-29)21-14-26-25(27-15-21)30-23-7-8-24(30)17-28(2)16-23/h14-15,19-20,22-24H,3-13,16-17H2,1-2H3. The summed E-state index contributed by atoms with van der Waals surface area (Å²) in [6, 6.07) is 1.90. The second kappa shape index (κ2) is 9.14. The Morgan fingerprint density at radius 3 is 2.06 bits per heavy atom. The Bertz CT molecular complexity index is 738. The van der Waals surface area contributed by atoms with Crippen LogP contribution in [0.3, 0.4) is 0 Å². The molecule has 4 aliphatic rings. The maximum absolute atomic E-state index is 11.4. The van der Waals surface area contributed by atoms with Gasteiger partial charge >= 0.3 is 0 Å². The molecule has 3 aliphatic heterocycles. The molecule has 2 atom stereocenters. The summed E-state index contributed by atoms with van der Waals surface area (Å²) < 4.78 is 0. The van der Waals surface area contributed by atoms with Crippen LogP contribution in [0, 0.1) is 5.92 Å². The molecule has 1 aromatic rings. The number of likely N-dealkylation sites (tertiary alicyclic amines) is 2. The van der Waals surface area contributed by atoms with Crippen molar-refractivity contribution in [3.05, 3.63) is 18.0 Å². The van der Waals surface area contributed by atoms with E-state index >= 15 is 0 Å². The molecule has 0 aromatic carbocycles. The molecule has 0 amide bonds. The number of carbonyl (C=O) groups excluding carboxylic acids is 1. The number of carbonyl (C=O) groups is 1. The van der Waals surface area contributed by atoms with E-state index in [1.807, 2.05) is 0 Å². The van der Waals surface area contributed by atoms with Crippen LogP contribution in [0.25, 0.3) is 0 Å². The lowest BCUT2D eigenvalue weighted by atomic mass is 9.81. The third kappa shape index (κ3) is 4.65. The molecule has 1 saturated carbocycles. The number of piperidine rings is 1. The molecule has 0 N–H and O–H groups in total. The van der Waals surface area contributed by atoms with Gasteiger partial charge in [0.25, 0.3) is 0 Å². The van der Waals surface area contributed by atoms with Crippen molar-refractivity contribution in [3.8, 4) is 0 Å². The molecule has 2 bridgehead atoms. The average molecular weight is 426 g/mol. The molecular weight excluding hydrogens is 386 g/mol. The molecule has 5 rings (SSSR count). The van der Waals surface area contributed by atoms with Crippen LogP contribution in [-0.4, -0.2) is 76.9 Å². The summed E-state index contributed by atoms with van der Waals surface area (Å²) in [6.07, 6.45) is 15.0. The molecule has 4 heterocycles. The quantitative estimate of drug-likeness (QED) is 0.720. The summed E-state index contributed by atoms with van der Waals surface area (Å²) in [5, 5.41) is 0. The van der Waals surface area contributed by atoms with Crippen molar-refractivity contribution in [1.82, 2.24) is 19.8 Å². The van der Waals surface area contributed by atoms with Crippen LogP contribution < -0.4 is 4.90 Å². The Morgan fingerprint density at radius 1 is 0.903 bits per heavy atom. The molecule has 0 radical (unpaired) electrons. The van der Waals surface area contributed by atoms with E-state index in [0.717, 1.165) is 31.5 Å². The highest BCUT2D eigenvalue weighted by Gasteiger charge is 2.40. The number of hydrogen-bond acceptors (Lipinski definition) is 6. The minimum atomic E-state index is 0.359. The number of Topliss-reactive ketones (excluding diaryl/α,β-unsaturated/α-hetero) is 1. The number of aromatic nitrogens is 2. The first-order valence-corrected chi connectivity index (χ1v) is 12.6. The monoisotopic (exact) mass is 425 g/mol. The lowest BCUT2D eigenvalue weighted by Gasteiger charge is -2.41. The number of ketones is 1. The van der Waals surface area contributed by atoms with Gasteiger partial charge in [-0.25, -0.2) is 9.97 Å². The lowest BCUT2D eigenvalue weighted by molar-refractivity contribution is -0.118. The lowest BCUT2D eigenvalue weighted by Crippen LogP contribution is -2.53. The molecule has 170 valence electrons. The highest BCUT2D eigenvalue weighted by Crippen LogP contribution is 2.36. The Labute approximate surface area is 187 Å². The van der Waals surface area contributed by atoms with Gasteiger partial charge in [-0.15, -0.1) is 0 Å². The van der Waals surface area contributed by atoms with Crippen molar-refractivity contribution in [2.45, 2.75) is 88.8 Å². The van der Waals surface area contributed by atoms with Crippen LogP contribution in [-0.2, 0) is 4.79 Å². The fourth-order valence-corrected chi connectivity index (χ4v) is 6.83. The van der Waals surface area contributed by atoms with Crippen molar-refractivity contribution in [2.24, 2.45) is 5.92 Å². The number of nitrogens with zero attached hydrogens (tertiary/aromatic N) is 5.